The fraction of sp³-hybridized carbons (Fsp3) is 0.692. The van der Waals surface area contributed by atoms with E-state index in [1.807, 2.05) is 18.5 Å². The number of hydrogen-bond acceptors (Lipinski definition) is 4. The summed E-state index contributed by atoms with van der Waals surface area (Å²) in [5, 5.41) is 4.53. The van der Waals surface area contributed by atoms with Gasteiger partial charge in [0, 0.05) is 12.1 Å². The Morgan fingerprint density at radius 2 is 2.00 bits per heavy atom. The van der Waals surface area contributed by atoms with Crippen LogP contribution in [-0.4, -0.2) is 28.9 Å². The lowest BCUT2D eigenvalue weighted by Gasteiger charge is -2.21. The number of esters is 1. The van der Waals surface area contributed by atoms with Gasteiger partial charge in [0.1, 0.15) is 6.04 Å². The van der Waals surface area contributed by atoms with Crippen LogP contribution in [0.25, 0.3) is 0 Å². The fourth-order valence-electron chi connectivity index (χ4n) is 2.08. The van der Waals surface area contributed by atoms with E-state index >= 15 is 0 Å². The number of aromatic nitrogens is 2. The molecule has 1 heterocycles. The first-order chi connectivity index (χ1) is 8.18. The van der Waals surface area contributed by atoms with Crippen LogP contribution in [-0.2, 0) is 21.5 Å². The Hall–Kier alpha value is -1.36. The van der Waals surface area contributed by atoms with E-state index in [1.54, 1.807) is 0 Å². The number of methoxy groups -OCH3 is 1. The fourth-order valence-corrected chi connectivity index (χ4v) is 2.08. The van der Waals surface area contributed by atoms with Gasteiger partial charge in [-0.15, -0.1) is 0 Å². The summed E-state index contributed by atoms with van der Waals surface area (Å²) < 4.78 is 6.62. The van der Waals surface area contributed by atoms with Crippen molar-refractivity contribution < 1.29 is 9.53 Å². The second kappa shape index (κ2) is 5.10. The molecule has 0 bridgehead atoms. The Morgan fingerprint density at radius 3 is 2.39 bits per heavy atom. The van der Waals surface area contributed by atoms with Crippen LogP contribution in [0.5, 0.6) is 0 Å². The van der Waals surface area contributed by atoms with E-state index < -0.39 is 12.0 Å². The Balaban J connectivity index is 3.05. The summed E-state index contributed by atoms with van der Waals surface area (Å²) in [5.41, 5.74) is 8.73. The van der Waals surface area contributed by atoms with Crippen LogP contribution in [0.4, 0.5) is 0 Å². The molecule has 5 heteroatoms. The first kappa shape index (κ1) is 14.7. The van der Waals surface area contributed by atoms with Gasteiger partial charge in [0.25, 0.3) is 0 Å². The lowest BCUT2D eigenvalue weighted by molar-refractivity contribution is -0.142. The number of aryl methyl sites for hydroxylation is 1. The van der Waals surface area contributed by atoms with Gasteiger partial charge in [0.15, 0.2) is 0 Å². The van der Waals surface area contributed by atoms with Crippen molar-refractivity contribution in [2.24, 2.45) is 5.73 Å². The number of hydrogen-bond donors (Lipinski definition) is 1. The van der Waals surface area contributed by atoms with Gasteiger partial charge in [-0.3, -0.25) is 9.48 Å². The number of ether oxygens (including phenoxy) is 1. The maximum absolute atomic E-state index is 11.4. The van der Waals surface area contributed by atoms with Gasteiger partial charge in [-0.25, -0.2) is 0 Å². The summed E-state index contributed by atoms with van der Waals surface area (Å²) >= 11 is 0. The second-order valence-corrected chi connectivity index (χ2v) is 5.57. The summed E-state index contributed by atoms with van der Waals surface area (Å²) in [7, 11) is 1.35. The third kappa shape index (κ3) is 2.90. The first-order valence-corrected chi connectivity index (χ1v) is 6.07. The van der Waals surface area contributed by atoms with Crippen LogP contribution in [0.2, 0.25) is 0 Å². The van der Waals surface area contributed by atoms with Crippen LogP contribution in [0.3, 0.4) is 0 Å². The van der Waals surface area contributed by atoms with Gasteiger partial charge in [0.2, 0.25) is 0 Å². The molecule has 2 N–H and O–H groups in total. The van der Waals surface area contributed by atoms with Crippen molar-refractivity contribution in [2.75, 3.05) is 7.11 Å². The van der Waals surface area contributed by atoms with Crippen molar-refractivity contribution in [3.05, 3.63) is 17.0 Å². The molecular weight excluding hydrogens is 230 g/mol. The van der Waals surface area contributed by atoms with Crippen molar-refractivity contribution in [1.82, 2.24) is 9.78 Å². The lowest BCUT2D eigenvalue weighted by atomic mass is 10.0. The van der Waals surface area contributed by atoms with E-state index in [2.05, 4.69) is 30.6 Å². The molecule has 1 atom stereocenters. The average Bonchev–Trinajstić information content (AvgIpc) is 2.55. The van der Waals surface area contributed by atoms with E-state index in [-0.39, 0.29) is 5.54 Å². The molecule has 0 radical (unpaired) electrons. The first-order valence-electron chi connectivity index (χ1n) is 6.07. The molecule has 0 fully saturated rings. The normalized spacial score (nSPS) is 13.5. The average molecular weight is 253 g/mol. The summed E-state index contributed by atoms with van der Waals surface area (Å²) in [6.45, 7) is 10.2. The highest BCUT2D eigenvalue weighted by Gasteiger charge is 2.23. The molecule has 0 saturated heterocycles. The highest BCUT2D eigenvalue weighted by molar-refractivity contribution is 5.75. The van der Waals surface area contributed by atoms with Crippen LogP contribution in [0.1, 0.15) is 37.7 Å². The van der Waals surface area contributed by atoms with Gasteiger partial charge in [-0.2, -0.15) is 5.10 Å². The largest absolute Gasteiger partial charge is 0.468 e. The molecule has 1 aromatic rings. The zero-order valence-electron chi connectivity index (χ0n) is 12.1. The zero-order chi connectivity index (χ0) is 14.1. The molecule has 1 unspecified atom stereocenters. The number of nitrogens with zero attached hydrogens (tertiary/aromatic N) is 2. The van der Waals surface area contributed by atoms with Crippen molar-refractivity contribution in [1.29, 1.82) is 0 Å². The number of rotatable bonds is 3. The van der Waals surface area contributed by atoms with Crippen LogP contribution in [0, 0.1) is 13.8 Å². The predicted molar refractivity (Wildman–Crippen MR) is 70.4 cm³/mol. The molecule has 0 aliphatic rings. The Morgan fingerprint density at radius 1 is 1.44 bits per heavy atom. The van der Waals surface area contributed by atoms with Crippen molar-refractivity contribution in [3.8, 4) is 0 Å². The maximum atomic E-state index is 11.4. The zero-order valence-corrected chi connectivity index (χ0v) is 12.1. The second-order valence-electron chi connectivity index (χ2n) is 5.57. The van der Waals surface area contributed by atoms with Gasteiger partial charge < -0.3 is 10.5 Å². The summed E-state index contributed by atoms with van der Waals surface area (Å²) in [6.07, 6.45) is 0.459. The number of carbonyl (C=O) groups is 1. The van der Waals surface area contributed by atoms with Crippen LogP contribution >= 0.6 is 0 Å². The smallest absolute Gasteiger partial charge is 0.322 e. The van der Waals surface area contributed by atoms with E-state index in [9.17, 15) is 4.79 Å². The monoisotopic (exact) mass is 253 g/mol. The summed E-state index contributed by atoms with van der Waals surface area (Å²) in [4.78, 5) is 11.4. The highest BCUT2D eigenvalue weighted by atomic mass is 16.5. The lowest BCUT2D eigenvalue weighted by Crippen LogP contribution is -2.34. The Bertz CT molecular complexity index is 444. The van der Waals surface area contributed by atoms with Crippen LogP contribution < -0.4 is 5.73 Å². The van der Waals surface area contributed by atoms with E-state index in [4.69, 9.17) is 5.73 Å². The minimum absolute atomic E-state index is 0.0809. The SMILES string of the molecule is COC(=O)C(N)Cc1c(C)nn(C(C)(C)C)c1C. The maximum Gasteiger partial charge on any atom is 0.322 e. The molecule has 18 heavy (non-hydrogen) atoms. The standard InChI is InChI=1S/C13H23N3O2/c1-8-10(7-11(14)12(17)18-6)9(2)16(15-8)13(3,4)5/h11H,7,14H2,1-6H3. The van der Waals surface area contributed by atoms with Crippen molar-refractivity contribution >= 4 is 5.97 Å². The Kier molecular flexibility index (Phi) is 4.16. The minimum Gasteiger partial charge on any atom is -0.468 e. The molecule has 0 amide bonds. The molecule has 0 aliphatic heterocycles. The summed E-state index contributed by atoms with van der Waals surface area (Å²) in [5.74, 6) is -0.391. The molecule has 1 aromatic heterocycles. The number of carbonyl (C=O) groups excluding carboxylic acids is 1. The third-order valence-electron chi connectivity index (χ3n) is 3.00. The Labute approximate surface area is 108 Å². The minimum atomic E-state index is -0.634. The summed E-state index contributed by atoms with van der Waals surface area (Å²) in [6, 6.07) is -0.634. The number of nitrogens with two attached hydrogens (primary N) is 1. The topological polar surface area (TPSA) is 70.1 Å². The van der Waals surface area contributed by atoms with Gasteiger partial charge >= 0.3 is 5.97 Å². The molecule has 1 rings (SSSR count). The molecule has 102 valence electrons. The quantitative estimate of drug-likeness (QED) is 0.824. The third-order valence-corrected chi connectivity index (χ3v) is 3.00. The van der Waals surface area contributed by atoms with E-state index in [1.165, 1.54) is 7.11 Å². The molecule has 0 aromatic carbocycles. The van der Waals surface area contributed by atoms with Gasteiger partial charge in [-0.05, 0) is 40.2 Å². The predicted octanol–water partition coefficient (Wildman–Crippen LogP) is 1.30. The molecule has 5 nitrogen and oxygen atoms in total. The highest BCUT2D eigenvalue weighted by Crippen LogP contribution is 2.22. The van der Waals surface area contributed by atoms with E-state index in [0.717, 1.165) is 17.0 Å². The van der Waals surface area contributed by atoms with Crippen molar-refractivity contribution in [2.45, 2.75) is 52.6 Å². The molecule has 0 saturated carbocycles. The van der Waals surface area contributed by atoms with Crippen LogP contribution in [0.15, 0.2) is 0 Å². The van der Waals surface area contributed by atoms with E-state index in [0.29, 0.717) is 6.42 Å². The van der Waals surface area contributed by atoms with Gasteiger partial charge in [0.05, 0.1) is 18.3 Å². The molecule has 0 spiro atoms. The molecule has 0 aliphatic carbocycles. The van der Waals surface area contributed by atoms with Crippen molar-refractivity contribution in [3.63, 3.8) is 0 Å². The molecular formula is C13H23N3O2. The van der Waals surface area contributed by atoms with Gasteiger partial charge in [-0.1, -0.05) is 0 Å².